The molecule has 1 aliphatic carbocycles. The first-order valence-corrected chi connectivity index (χ1v) is 21.6. The lowest BCUT2D eigenvalue weighted by Gasteiger charge is -2.33. The molecule has 0 atom stereocenters. The summed E-state index contributed by atoms with van der Waals surface area (Å²) >= 11 is 3.86. The van der Waals surface area contributed by atoms with Gasteiger partial charge in [-0.2, -0.15) is 0 Å². The van der Waals surface area contributed by atoms with Crippen molar-refractivity contribution in [2.45, 2.75) is 17.7 Å². The number of thiophene rings is 1. The van der Waals surface area contributed by atoms with E-state index in [4.69, 9.17) is 0 Å². The average Bonchev–Trinajstić information content (AvgIpc) is 3.65. The van der Waals surface area contributed by atoms with Crippen LogP contribution >= 0.6 is 23.1 Å². The lowest BCUT2D eigenvalue weighted by molar-refractivity contribution is 0.929. The normalized spacial score (nSPS) is 13.7. The molecule has 274 valence electrons. The first kappa shape index (κ1) is 33.5. The number of hydrogen-bond acceptors (Lipinski definition) is 4. The Labute approximate surface area is 345 Å². The van der Waals surface area contributed by atoms with E-state index in [9.17, 15) is 0 Å². The third-order valence-electron chi connectivity index (χ3n) is 11.9. The molecule has 12 rings (SSSR count). The molecule has 0 spiro atoms. The van der Waals surface area contributed by atoms with E-state index in [-0.39, 0.29) is 0 Å². The maximum absolute atomic E-state index is 2.51. The smallest absolute Gasteiger partial charge is 0.0540 e. The van der Waals surface area contributed by atoms with Crippen LogP contribution in [0.5, 0.6) is 0 Å². The molecule has 0 N–H and O–H groups in total. The van der Waals surface area contributed by atoms with Gasteiger partial charge in [0.25, 0.3) is 0 Å². The van der Waals surface area contributed by atoms with Gasteiger partial charge in [-0.15, -0.1) is 11.3 Å². The second-order valence-corrected chi connectivity index (χ2v) is 17.3. The Morgan fingerprint density at radius 1 is 0.414 bits per heavy atom. The first-order valence-electron chi connectivity index (χ1n) is 20.0. The molecule has 1 aliphatic heterocycles. The Balaban J connectivity index is 1.01. The highest BCUT2D eigenvalue weighted by Crippen LogP contribution is 2.54. The topological polar surface area (TPSA) is 6.48 Å². The van der Waals surface area contributed by atoms with E-state index in [1.807, 2.05) is 23.1 Å². The summed E-state index contributed by atoms with van der Waals surface area (Å²) in [6.45, 7) is 0. The molecule has 0 saturated carbocycles. The monoisotopic (exact) mass is 776 g/mol. The fourth-order valence-electron chi connectivity index (χ4n) is 9.35. The summed E-state index contributed by atoms with van der Waals surface area (Å²) in [7, 11) is 0. The Hall–Kier alpha value is -6.59. The number of thioether (sulfide) groups is 1. The summed E-state index contributed by atoms with van der Waals surface area (Å²) in [6, 6.07) is 68.9. The van der Waals surface area contributed by atoms with Crippen LogP contribution in [-0.4, -0.2) is 0 Å². The van der Waals surface area contributed by atoms with Crippen LogP contribution < -0.4 is 9.80 Å². The predicted octanol–water partition coefficient (Wildman–Crippen LogP) is 16.3. The van der Waals surface area contributed by atoms with E-state index in [1.54, 1.807) is 0 Å². The summed E-state index contributed by atoms with van der Waals surface area (Å²) in [5.41, 5.74) is 10.1. The molecule has 0 bridgehead atoms. The fourth-order valence-corrected chi connectivity index (χ4v) is 11.8. The second-order valence-electron chi connectivity index (χ2n) is 15.2. The summed E-state index contributed by atoms with van der Waals surface area (Å²) in [5, 5.41) is 10.4. The minimum absolute atomic E-state index is 0.957. The highest BCUT2D eigenvalue weighted by molar-refractivity contribution is 8.03. The van der Waals surface area contributed by atoms with Gasteiger partial charge in [-0.3, -0.25) is 0 Å². The van der Waals surface area contributed by atoms with Crippen LogP contribution in [0.2, 0.25) is 0 Å². The van der Waals surface area contributed by atoms with Gasteiger partial charge in [0.05, 0.1) is 11.4 Å². The average molecular weight is 777 g/mol. The van der Waals surface area contributed by atoms with Crippen LogP contribution in [0.4, 0.5) is 28.4 Å². The Kier molecular flexibility index (Phi) is 7.82. The lowest BCUT2D eigenvalue weighted by atomic mass is 9.89. The van der Waals surface area contributed by atoms with E-state index in [0.29, 0.717) is 0 Å². The number of anilines is 5. The van der Waals surface area contributed by atoms with Crippen LogP contribution in [-0.2, 0) is 0 Å². The number of hydrogen-bond donors (Lipinski definition) is 0. The van der Waals surface area contributed by atoms with E-state index in [1.165, 1.54) is 96.2 Å². The molecule has 0 unspecified atom stereocenters. The zero-order valence-electron chi connectivity index (χ0n) is 31.6. The van der Waals surface area contributed by atoms with Gasteiger partial charge in [-0.1, -0.05) is 139 Å². The van der Waals surface area contributed by atoms with Gasteiger partial charge >= 0.3 is 0 Å². The molecule has 10 aromatic rings. The van der Waals surface area contributed by atoms with Crippen molar-refractivity contribution in [1.82, 2.24) is 0 Å². The number of rotatable bonds is 6. The Bertz CT molecular complexity index is 3310. The zero-order chi connectivity index (χ0) is 38.2. The SMILES string of the molecule is C1=C(N(c2ccccc2)c2cccc3ccccc23)CCC2=C1Sc1cccc3c1c2cc1sc2cc(N(c4ccccc4)c4cccc5ccccc45)ccc2c13. The van der Waals surface area contributed by atoms with Crippen molar-refractivity contribution in [1.29, 1.82) is 0 Å². The van der Waals surface area contributed by atoms with E-state index in [0.717, 1.165) is 24.2 Å². The number of nitrogens with zero attached hydrogens (tertiary/aromatic N) is 2. The maximum atomic E-state index is 2.51. The van der Waals surface area contributed by atoms with Gasteiger partial charge in [0.2, 0.25) is 0 Å². The molecule has 9 aromatic carbocycles. The van der Waals surface area contributed by atoms with Gasteiger partial charge in [0.1, 0.15) is 0 Å². The lowest BCUT2D eigenvalue weighted by Crippen LogP contribution is -2.19. The quantitative estimate of drug-likeness (QED) is 0.166. The first-order chi connectivity index (χ1) is 28.8. The molecule has 0 amide bonds. The van der Waals surface area contributed by atoms with E-state index < -0.39 is 0 Å². The fraction of sp³-hybridized carbons (Fsp3) is 0.0370. The maximum Gasteiger partial charge on any atom is 0.0540 e. The van der Waals surface area contributed by atoms with Gasteiger partial charge in [-0.25, -0.2) is 0 Å². The highest BCUT2D eigenvalue weighted by atomic mass is 32.2. The number of benzene rings is 9. The summed E-state index contributed by atoms with van der Waals surface area (Å²) in [5.74, 6) is 0. The van der Waals surface area contributed by atoms with Crippen LogP contribution in [0, 0.1) is 0 Å². The van der Waals surface area contributed by atoms with Gasteiger partial charge in [-0.05, 0) is 107 Å². The molecule has 4 heteroatoms. The molecule has 2 nitrogen and oxygen atoms in total. The molecule has 2 aliphatic rings. The van der Waals surface area contributed by atoms with Crippen molar-refractivity contribution in [3.05, 3.63) is 210 Å². The number of para-hydroxylation sites is 2. The molecule has 1 aromatic heterocycles. The van der Waals surface area contributed by atoms with Gasteiger partial charge < -0.3 is 9.80 Å². The minimum atomic E-state index is 0.957. The summed E-state index contributed by atoms with van der Waals surface area (Å²) < 4.78 is 2.65. The molecule has 0 fully saturated rings. The largest absolute Gasteiger partial charge is 0.314 e. The summed E-state index contributed by atoms with van der Waals surface area (Å²) in [6.07, 6.45) is 4.43. The summed E-state index contributed by atoms with van der Waals surface area (Å²) in [4.78, 5) is 7.61. The number of fused-ring (bicyclic) bond motifs is 7. The minimum Gasteiger partial charge on any atom is -0.314 e. The van der Waals surface area contributed by atoms with Crippen LogP contribution in [0.15, 0.2) is 210 Å². The van der Waals surface area contributed by atoms with Crippen LogP contribution in [0.25, 0.3) is 58.1 Å². The second kappa shape index (κ2) is 13.5. The standard InChI is InChI=1S/C54H36N2S2/c1-3-18-37(19-4-1)55(47-25-11-16-35-14-7-9-22-41(35)47)39-28-30-43-46-34-52-53(45-24-13-27-49(54(45)46)57-50(43)32-39)44-31-29-40(33-51(44)58-52)56(38-20-5-2-6-21-38)48-26-12-17-36-15-8-10-23-42(36)48/h1-27,29,31-34H,28,30H2. The van der Waals surface area contributed by atoms with E-state index in [2.05, 4.69) is 204 Å². The molecule has 0 saturated heterocycles. The van der Waals surface area contributed by atoms with Crippen molar-refractivity contribution in [3.63, 3.8) is 0 Å². The van der Waals surface area contributed by atoms with Crippen molar-refractivity contribution < 1.29 is 0 Å². The number of allylic oxidation sites excluding steroid dienone is 3. The van der Waals surface area contributed by atoms with Crippen molar-refractivity contribution in [2.75, 3.05) is 9.80 Å². The van der Waals surface area contributed by atoms with Gasteiger partial charge in [0.15, 0.2) is 0 Å². The molecule has 2 heterocycles. The molecule has 0 radical (unpaired) electrons. The van der Waals surface area contributed by atoms with Crippen molar-refractivity contribution in [2.24, 2.45) is 0 Å². The van der Waals surface area contributed by atoms with E-state index >= 15 is 0 Å². The van der Waals surface area contributed by atoms with Crippen LogP contribution in [0.3, 0.4) is 0 Å². The van der Waals surface area contributed by atoms with Crippen LogP contribution in [0.1, 0.15) is 18.4 Å². The highest BCUT2D eigenvalue weighted by Gasteiger charge is 2.29. The molecular weight excluding hydrogens is 741 g/mol. The molecule has 58 heavy (non-hydrogen) atoms. The zero-order valence-corrected chi connectivity index (χ0v) is 33.2. The third kappa shape index (κ3) is 5.33. The van der Waals surface area contributed by atoms with Crippen molar-refractivity contribution in [3.8, 4) is 0 Å². The predicted molar refractivity (Wildman–Crippen MR) is 252 cm³/mol. The van der Waals surface area contributed by atoms with Crippen molar-refractivity contribution >= 4 is 110 Å². The Morgan fingerprint density at radius 2 is 1.02 bits per heavy atom. The van der Waals surface area contributed by atoms with Gasteiger partial charge in [0, 0.05) is 68.9 Å². The third-order valence-corrected chi connectivity index (χ3v) is 14.1. The molecular formula is C54H36N2S2. The Morgan fingerprint density at radius 3 is 1.74 bits per heavy atom.